The summed E-state index contributed by atoms with van der Waals surface area (Å²) in [6, 6.07) is 9.64. The highest BCUT2D eigenvalue weighted by Crippen LogP contribution is 2.47. The molecule has 0 radical (unpaired) electrons. The number of benzene rings is 1. The molecule has 8 nitrogen and oxygen atoms in total. The second kappa shape index (κ2) is 10.9. The summed E-state index contributed by atoms with van der Waals surface area (Å²) in [5.41, 5.74) is 5.00. The summed E-state index contributed by atoms with van der Waals surface area (Å²) in [6.45, 7) is 2.44. The van der Waals surface area contributed by atoms with Crippen LogP contribution in [0.15, 0.2) is 47.2 Å². The summed E-state index contributed by atoms with van der Waals surface area (Å²) in [6.07, 6.45) is 8.89. The maximum atomic E-state index is 11.3. The molecule has 3 aromatic heterocycles. The molecule has 1 aliphatic heterocycles. The minimum atomic E-state index is 0.202. The van der Waals surface area contributed by atoms with E-state index in [0.717, 1.165) is 74.7 Å². The lowest BCUT2D eigenvalue weighted by Gasteiger charge is -2.21. The van der Waals surface area contributed by atoms with Gasteiger partial charge in [-0.3, -0.25) is 4.79 Å². The quantitative estimate of drug-likeness (QED) is 0.272. The van der Waals surface area contributed by atoms with E-state index in [0.29, 0.717) is 51.2 Å². The van der Waals surface area contributed by atoms with Crippen molar-refractivity contribution in [1.29, 1.82) is 0 Å². The molecule has 7 rings (SSSR count). The Balaban J connectivity index is 0.00000135. The number of halogens is 2. The lowest BCUT2D eigenvalue weighted by Crippen LogP contribution is -2.23. The number of carbonyl (C=O) groups is 1. The summed E-state index contributed by atoms with van der Waals surface area (Å²) >= 11 is 13.0. The fourth-order valence-corrected chi connectivity index (χ4v) is 6.69. The summed E-state index contributed by atoms with van der Waals surface area (Å²) in [5, 5.41) is 16.8. The van der Waals surface area contributed by atoms with Crippen LogP contribution in [0.1, 0.15) is 53.3 Å². The molecule has 2 unspecified atom stereocenters. The van der Waals surface area contributed by atoms with Gasteiger partial charge in [0, 0.05) is 49.1 Å². The molecule has 39 heavy (non-hydrogen) atoms. The van der Waals surface area contributed by atoms with E-state index in [-0.39, 0.29) is 6.10 Å². The van der Waals surface area contributed by atoms with Gasteiger partial charge in [-0.15, -0.1) is 0 Å². The Morgan fingerprint density at radius 2 is 1.85 bits per heavy atom. The van der Waals surface area contributed by atoms with E-state index in [4.69, 9.17) is 37.6 Å². The molecule has 204 valence electrons. The molecule has 3 aliphatic rings. The average Bonchev–Trinajstić information content (AvgIpc) is 3.25. The summed E-state index contributed by atoms with van der Waals surface area (Å²) in [7, 11) is 1.00. The molecular weight excluding hydrogens is 539 g/mol. The second-order valence-corrected chi connectivity index (χ2v) is 11.3. The van der Waals surface area contributed by atoms with Crippen LogP contribution in [0, 0.1) is 11.8 Å². The molecule has 2 atom stereocenters. The van der Waals surface area contributed by atoms with Crippen LogP contribution < -0.4 is 4.90 Å². The van der Waals surface area contributed by atoms with E-state index in [1.807, 2.05) is 24.4 Å². The number of ether oxygens (including phenoxy) is 1. The van der Waals surface area contributed by atoms with Crippen LogP contribution in [0.25, 0.3) is 16.8 Å². The first-order valence-corrected chi connectivity index (χ1v) is 14.0. The van der Waals surface area contributed by atoms with Gasteiger partial charge in [-0.25, -0.2) is 4.52 Å². The van der Waals surface area contributed by atoms with E-state index in [2.05, 4.69) is 27.3 Å². The number of nitrogens with zero attached hydrogens (tertiary/aromatic N) is 4. The Morgan fingerprint density at radius 1 is 1.13 bits per heavy atom. The van der Waals surface area contributed by atoms with Gasteiger partial charge in [0.1, 0.15) is 11.5 Å². The minimum absolute atomic E-state index is 0.202. The monoisotopic (exact) mass is 568 g/mol. The molecule has 10 heteroatoms. The first-order valence-electron chi connectivity index (χ1n) is 13.3. The number of rotatable bonds is 7. The number of anilines is 1. The van der Waals surface area contributed by atoms with Crippen LogP contribution in [-0.4, -0.2) is 52.5 Å². The fraction of sp³-hybridized carbons (Fsp3) is 0.414. The highest BCUT2D eigenvalue weighted by molar-refractivity contribution is 6.39. The van der Waals surface area contributed by atoms with Crippen molar-refractivity contribution < 1.29 is 19.2 Å². The third kappa shape index (κ3) is 4.95. The normalized spacial score (nSPS) is 22.2. The van der Waals surface area contributed by atoms with E-state index in [9.17, 15) is 4.79 Å². The zero-order chi connectivity index (χ0) is 27.1. The predicted molar refractivity (Wildman–Crippen MR) is 150 cm³/mol. The van der Waals surface area contributed by atoms with Crippen LogP contribution in [0.3, 0.4) is 0 Å². The number of hydrogen-bond acceptors (Lipinski definition) is 7. The van der Waals surface area contributed by atoms with Gasteiger partial charge >= 0.3 is 0 Å². The molecule has 0 spiro atoms. The van der Waals surface area contributed by atoms with Gasteiger partial charge in [-0.05, 0) is 61.8 Å². The van der Waals surface area contributed by atoms with Crippen LogP contribution in [0.2, 0.25) is 10.0 Å². The SMILES string of the molecule is CO.O=Cc1cnn2ccc(N3CC4CC(OCc5c(-c6c(Cl)cccc6Cl)noc5C5CC5)CC4C3)cc12. The van der Waals surface area contributed by atoms with Crippen LogP contribution in [0.4, 0.5) is 5.69 Å². The molecular formula is C29H30Cl2N4O4. The molecule has 0 bridgehead atoms. The van der Waals surface area contributed by atoms with Gasteiger partial charge in [0.15, 0.2) is 6.29 Å². The zero-order valence-corrected chi connectivity index (χ0v) is 23.1. The number of aromatic nitrogens is 3. The Hall–Kier alpha value is -2.91. The first-order chi connectivity index (χ1) is 19.1. The number of aldehydes is 1. The maximum absolute atomic E-state index is 11.3. The molecule has 0 amide bonds. The summed E-state index contributed by atoms with van der Waals surface area (Å²) in [5.74, 6) is 2.49. The Morgan fingerprint density at radius 3 is 2.51 bits per heavy atom. The largest absolute Gasteiger partial charge is 0.400 e. The van der Waals surface area contributed by atoms with Crippen molar-refractivity contribution in [1.82, 2.24) is 14.8 Å². The third-order valence-corrected chi connectivity index (χ3v) is 8.79. The summed E-state index contributed by atoms with van der Waals surface area (Å²) in [4.78, 5) is 13.8. The van der Waals surface area contributed by atoms with E-state index in [1.165, 1.54) is 0 Å². The number of hydrogen-bond donors (Lipinski definition) is 1. The van der Waals surface area contributed by atoms with Crippen molar-refractivity contribution in [2.45, 2.75) is 44.3 Å². The van der Waals surface area contributed by atoms with Crippen LogP contribution in [0.5, 0.6) is 0 Å². The molecule has 2 aliphatic carbocycles. The predicted octanol–water partition coefficient (Wildman–Crippen LogP) is 6.03. The van der Waals surface area contributed by atoms with Crippen molar-refractivity contribution in [2.75, 3.05) is 25.1 Å². The molecule has 2 saturated carbocycles. The average molecular weight is 569 g/mol. The number of fused-ring (bicyclic) bond motifs is 2. The van der Waals surface area contributed by atoms with Crippen molar-refractivity contribution in [3.8, 4) is 11.3 Å². The van der Waals surface area contributed by atoms with Gasteiger partial charge in [-0.2, -0.15) is 5.10 Å². The van der Waals surface area contributed by atoms with Crippen molar-refractivity contribution in [3.05, 3.63) is 69.7 Å². The van der Waals surface area contributed by atoms with E-state index >= 15 is 0 Å². The van der Waals surface area contributed by atoms with Crippen molar-refractivity contribution in [2.24, 2.45) is 11.8 Å². The lowest BCUT2D eigenvalue weighted by molar-refractivity contribution is 0.0403. The van der Waals surface area contributed by atoms with Crippen LogP contribution in [-0.2, 0) is 11.3 Å². The van der Waals surface area contributed by atoms with Gasteiger partial charge in [0.05, 0.1) is 40.0 Å². The molecule has 4 aromatic rings. The Kier molecular flexibility index (Phi) is 7.37. The molecule has 4 heterocycles. The Bertz CT molecular complexity index is 1460. The van der Waals surface area contributed by atoms with Gasteiger partial charge in [0.2, 0.25) is 0 Å². The first kappa shape index (κ1) is 26.3. The smallest absolute Gasteiger partial charge is 0.153 e. The number of carbonyl (C=O) groups excluding carboxylic acids is 1. The van der Waals surface area contributed by atoms with Crippen LogP contribution >= 0.6 is 23.2 Å². The van der Waals surface area contributed by atoms with Crippen molar-refractivity contribution in [3.63, 3.8) is 0 Å². The highest BCUT2D eigenvalue weighted by Gasteiger charge is 2.42. The van der Waals surface area contributed by atoms with Gasteiger partial charge in [-0.1, -0.05) is 34.4 Å². The highest BCUT2D eigenvalue weighted by atomic mass is 35.5. The number of aliphatic hydroxyl groups is 1. The second-order valence-electron chi connectivity index (χ2n) is 10.5. The fourth-order valence-electron chi connectivity index (χ4n) is 6.12. The van der Waals surface area contributed by atoms with E-state index < -0.39 is 0 Å². The Labute approximate surface area is 236 Å². The maximum Gasteiger partial charge on any atom is 0.153 e. The molecule has 1 saturated heterocycles. The lowest BCUT2D eigenvalue weighted by atomic mass is 10.0. The van der Waals surface area contributed by atoms with Gasteiger partial charge < -0.3 is 19.3 Å². The minimum Gasteiger partial charge on any atom is -0.400 e. The number of pyridine rings is 1. The molecule has 3 fully saturated rings. The van der Waals surface area contributed by atoms with Gasteiger partial charge in [0.25, 0.3) is 0 Å². The van der Waals surface area contributed by atoms with E-state index in [1.54, 1.807) is 10.7 Å². The summed E-state index contributed by atoms with van der Waals surface area (Å²) < 4.78 is 14.1. The zero-order valence-electron chi connectivity index (χ0n) is 21.6. The third-order valence-electron chi connectivity index (χ3n) is 8.16. The molecule has 1 aromatic carbocycles. The topological polar surface area (TPSA) is 93.1 Å². The number of aliphatic hydroxyl groups excluding tert-OH is 1. The van der Waals surface area contributed by atoms with Crippen molar-refractivity contribution >= 4 is 40.7 Å². The standard InChI is InChI=1S/C28H26Cl2N4O3.CH4O/c29-23-2-1-3-24(30)26(23)27-22(28(37-32-27)16-4-5-16)15-36-21-8-17-12-33(13-18(17)9-21)20-6-7-34-25(10-20)19(14-35)11-31-34;1-2/h1-3,6-7,10-11,14,16-18,21H,4-5,8-9,12-13,15H2;2H,1H3. The molecule has 1 N–H and O–H groups in total.